The van der Waals surface area contributed by atoms with Gasteiger partial charge in [-0.3, -0.25) is 4.79 Å². The van der Waals surface area contributed by atoms with Crippen LogP contribution in [0.4, 0.5) is 0 Å². The van der Waals surface area contributed by atoms with Crippen molar-refractivity contribution < 1.29 is 4.52 Å². The molecule has 6 nitrogen and oxygen atoms in total. The van der Waals surface area contributed by atoms with Crippen LogP contribution in [0, 0.1) is 6.92 Å². The lowest BCUT2D eigenvalue weighted by Gasteiger charge is -1.88. The van der Waals surface area contributed by atoms with Gasteiger partial charge in [0.15, 0.2) is 5.69 Å². The van der Waals surface area contributed by atoms with E-state index in [1.165, 1.54) is 12.4 Å². The molecule has 66 valence electrons. The van der Waals surface area contributed by atoms with E-state index >= 15 is 0 Å². The Bertz CT molecular complexity index is 473. The first-order valence-corrected chi connectivity index (χ1v) is 3.62. The van der Waals surface area contributed by atoms with Gasteiger partial charge in [0.2, 0.25) is 11.7 Å². The molecule has 0 amide bonds. The van der Waals surface area contributed by atoms with Gasteiger partial charge in [0, 0.05) is 19.3 Å². The number of hydrogen-bond acceptors (Lipinski definition) is 5. The van der Waals surface area contributed by atoms with Gasteiger partial charge >= 0.3 is 0 Å². The number of aryl methyl sites for hydroxylation is 1. The van der Waals surface area contributed by atoms with Crippen LogP contribution in [0.5, 0.6) is 0 Å². The van der Waals surface area contributed by atoms with E-state index < -0.39 is 0 Å². The summed E-state index contributed by atoms with van der Waals surface area (Å²) in [6, 6.07) is 0. The van der Waals surface area contributed by atoms with Crippen molar-refractivity contribution in [1.29, 1.82) is 0 Å². The molecule has 0 aromatic carbocycles. The molecule has 0 radical (unpaired) electrons. The smallest absolute Gasteiger partial charge is 0.277 e. The van der Waals surface area contributed by atoms with E-state index in [1.807, 2.05) is 0 Å². The van der Waals surface area contributed by atoms with Gasteiger partial charge in [-0.1, -0.05) is 5.16 Å². The van der Waals surface area contributed by atoms with Crippen LogP contribution in [0.25, 0.3) is 11.5 Å². The predicted molar refractivity (Wildman–Crippen MR) is 42.9 cm³/mol. The summed E-state index contributed by atoms with van der Waals surface area (Å²) in [6.07, 6.45) is 2.90. The Hall–Kier alpha value is -1.98. The minimum atomic E-state index is -0.330. The molecule has 0 aliphatic heterocycles. The average Bonchev–Trinajstić information content (AvgIpc) is 2.53. The Morgan fingerprint density at radius 1 is 1.54 bits per heavy atom. The van der Waals surface area contributed by atoms with Crippen molar-refractivity contribution in [1.82, 2.24) is 20.1 Å². The molecule has 0 saturated carbocycles. The molecule has 0 aliphatic carbocycles. The first kappa shape index (κ1) is 7.66. The van der Waals surface area contributed by atoms with Crippen molar-refractivity contribution >= 4 is 0 Å². The van der Waals surface area contributed by atoms with E-state index in [1.54, 1.807) is 6.92 Å². The van der Waals surface area contributed by atoms with E-state index in [0.29, 0.717) is 5.89 Å². The van der Waals surface area contributed by atoms with Crippen molar-refractivity contribution in [2.24, 2.45) is 0 Å². The summed E-state index contributed by atoms with van der Waals surface area (Å²) < 4.78 is 4.72. The monoisotopic (exact) mass is 178 g/mol. The number of nitrogens with zero attached hydrogens (tertiary/aromatic N) is 3. The molecule has 2 heterocycles. The lowest BCUT2D eigenvalue weighted by molar-refractivity contribution is 0.394. The largest absolute Gasteiger partial charge is 0.339 e. The standard InChI is InChI=1S/C7H6N4O2/c1-4-10-6(11-13-4)5-7(12)9-3-2-8-5/h2-3H,1H3,(H,9,12). The molecule has 0 spiro atoms. The van der Waals surface area contributed by atoms with Gasteiger partial charge in [0.25, 0.3) is 5.56 Å². The Labute approximate surface area is 72.6 Å². The third-order valence-electron chi connectivity index (χ3n) is 1.45. The molecular formula is C7H6N4O2. The molecule has 0 aliphatic rings. The highest BCUT2D eigenvalue weighted by Crippen LogP contribution is 2.05. The second-order valence-corrected chi connectivity index (χ2v) is 2.40. The maximum Gasteiger partial charge on any atom is 0.277 e. The minimum absolute atomic E-state index is 0.166. The molecule has 0 saturated heterocycles. The summed E-state index contributed by atoms with van der Waals surface area (Å²) >= 11 is 0. The molecule has 0 atom stereocenters. The Kier molecular flexibility index (Phi) is 1.66. The second-order valence-electron chi connectivity index (χ2n) is 2.40. The first-order chi connectivity index (χ1) is 6.27. The summed E-state index contributed by atoms with van der Waals surface area (Å²) in [5, 5.41) is 3.58. The van der Waals surface area contributed by atoms with Crippen LogP contribution in [-0.2, 0) is 0 Å². The van der Waals surface area contributed by atoms with Crippen LogP contribution in [0.15, 0.2) is 21.7 Å². The van der Waals surface area contributed by atoms with Gasteiger partial charge in [0.05, 0.1) is 0 Å². The number of H-pyrrole nitrogens is 1. The summed E-state index contributed by atoms with van der Waals surface area (Å²) in [5.74, 6) is 0.611. The Balaban J connectivity index is 2.59. The fourth-order valence-electron chi connectivity index (χ4n) is 0.906. The van der Waals surface area contributed by atoms with Crippen LogP contribution in [0.3, 0.4) is 0 Å². The quantitative estimate of drug-likeness (QED) is 0.670. The van der Waals surface area contributed by atoms with E-state index in [4.69, 9.17) is 4.52 Å². The molecule has 2 rings (SSSR count). The second kappa shape index (κ2) is 2.81. The number of rotatable bonds is 1. The maximum atomic E-state index is 11.2. The lowest BCUT2D eigenvalue weighted by atomic mass is 10.4. The fraction of sp³-hybridized carbons (Fsp3) is 0.143. The molecule has 0 bridgehead atoms. The van der Waals surface area contributed by atoms with Crippen LogP contribution >= 0.6 is 0 Å². The van der Waals surface area contributed by atoms with Crippen molar-refractivity contribution in [2.75, 3.05) is 0 Å². The maximum absolute atomic E-state index is 11.2. The zero-order valence-electron chi connectivity index (χ0n) is 6.81. The van der Waals surface area contributed by atoms with Crippen molar-refractivity contribution in [2.45, 2.75) is 6.92 Å². The molecule has 2 aromatic heterocycles. The normalized spacial score (nSPS) is 10.2. The summed E-state index contributed by atoms with van der Waals surface area (Å²) in [4.78, 5) is 21.4. The SMILES string of the molecule is Cc1nc(-c2ncc[nH]c2=O)no1. The highest BCUT2D eigenvalue weighted by molar-refractivity contribution is 5.45. The van der Waals surface area contributed by atoms with Gasteiger partial charge in [-0.2, -0.15) is 4.98 Å². The Morgan fingerprint density at radius 2 is 2.38 bits per heavy atom. The van der Waals surface area contributed by atoms with Crippen LogP contribution in [0.2, 0.25) is 0 Å². The third-order valence-corrected chi connectivity index (χ3v) is 1.45. The zero-order chi connectivity index (χ0) is 9.26. The molecule has 1 N–H and O–H groups in total. The van der Waals surface area contributed by atoms with Gasteiger partial charge in [-0.05, 0) is 0 Å². The molecule has 0 fully saturated rings. The van der Waals surface area contributed by atoms with E-state index in [9.17, 15) is 4.79 Å². The van der Waals surface area contributed by atoms with Crippen LogP contribution in [-0.4, -0.2) is 20.1 Å². The van der Waals surface area contributed by atoms with E-state index in [-0.39, 0.29) is 17.1 Å². The van der Waals surface area contributed by atoms with Crippen molar-refractivity contribution in [3.8, 4) is 11.5 Å². The zero-order valence-corrected chi connectivity index (χ0v) is 6.81. The van der Waals surface area contributed by atoms with Crippen LogP contribution < -0.4 is 5.56 Å². The third kappa shape index (κ3) is 1.33. The molecule has 0 unspecified atom stereocenters. The molecule has 6 heteroatoms. The Morgan fingerprint density at radius 3 is 3.00 bits per heavy atom. The van der Waals surface area contributed by atoms with Gasteiger partial charge in [-0.15, -0.1) is 0 Å². The van der Waals surface area contributed by atoms with Gasteiger partial charge < -0.3 is 9.51 Å². The molecule has 2 aromatic rings. The topological polar surface area (TPSA) is 84.7 Å². The van der Waals surface area contributed by atoms with Gasteiger partial charge in [-0.25, -0.2) is 4.98 Å². The summed E-state index contributed by atoms with van der Waals surface area (Å²) in [5.41, 5.74) is -0.164. The average molecular weight is 178 g/mol. The number of hydrogen-bond donors (Lipinski definition) is 1. The lowest BCUT2D eigenvalue weighted by Crippen LogP contribution is -2.10. The van der Waals surface area contributed by atoms with Crippen LogP contribution in [0.1, 0.15) is 5.89 Å². The number of aromatic nitrogens is 4. The molecule has 13 heavy (non-hydrogen) atoms. The number of nitrogens with one attached hydrogen (secondary N) is 1. The van der Waals surface area contributed by atoms with E-state index in [0.717, 1.165) is 0 Å². The fourth-order valence-corrected chi connectivity index (χ4v) is 0.906. The number of aromatic amines is 1. The van der Waals surface area contributed by atoms with Crippen molar-refractivity contribution in [3.05, 3.63) is 28.6 Å². The van der Waals surface area contributed by atoms with Gasteiger partial charge in [0.1, 0.15) is 0 Å². The van der Waals surface area contributed by atoms with E-state index in [2.05, 4.69) is 20.1 Å². The summed E-state index contributed by atoms with van der Waals surface area (Å²) in [6.45, 7) is 1.65. The molecular weight excluding hydrogens is 172 g/mol. The van der Waals surface area contributed by atoms with Crippen molar-refractivity contribution in [3.63, 3.8) is 0 Å². The highest BCUT2D eigenvalue weighted by atomic mass is 16.5. The summed E-state index contributed by atoms with van der Waals surface area (Å²) in [7, 11) is 0. The minimum Gasteiger partial charge on any atom is -0.339 e. The predicted octanol–water partition coefficient (Wildman–Crippen LogP) is 0.128. The highest BCUT2D eigenvalue weighted by Gasteiger charge is 2.09. The first-order valence-electron chi connectivity index (χ1n) is 3.62.